The van der Waals surface area contributed by atoms with E-state index in [9.17, 15) is 5.11 Å². The monoisotopic (exact) mass is 262 g/mol. The maximum Gasteiger partial charge on any atom is 0.0717 e. The summed E-state index contributed by atoms with van der Waals surface area (Å²) in [7, 11) is 0. The first-order chi connectivity index (χ1) is 9.22. The van der Waals surface area contributed by atoms with Gasteiger partial charge in [0.05, 0.1) is 19.3 Å². The molecule has 2 heteroatoms. The summed E-state index contributed by atoms with van der Waals surface area (Å²) in [5, 5.41) is 9.60. The molecular weight excluding hydrogens is 236 g/mol. The summed E-state index contributed by atoms with van der Waals surface area (Å²) in [5.41, 5.74) is 1.21. The Morgan fingerprint density at radius 1 is 1.26 bits per heavy atom. The lowest BCUT2D eigenvalue weighted by atomic mass is 10.1. The molecule has 0 fully saturated rings. The van der Waals surface area contributed by atoms with Crippen molar-refractivity contribution in [3.8, 4) is 0 Å². The Balaban J connectivity index is 2.14. The summed E-state index contributed by atoms with van der Waals surface area (Å²) in [4.78, 5) is 0. The van der Waals surface area contributed by atoms with Gasteiger partial charge in [-0.3, -0.25) is 0 Å². The molecule has 2 atom stereocenters. The second-order valence-electron chi connectivity index (χ2n) is 5.08. The Kier molecular flexibility index (Phi) is 8.19. The zero-order chi connectivity index (χ0) is 13.9. The molecule has 0 heterocycles. The molecule has 0 saturated heterocycles. The lowest BCUT2D eigenvalue weighted by Crippen LogP contribution is -2.05. The van der Waals surface area contributed by atoms with Crippen molar-refractivity contribution in [3.05, 3.63) is 48.0 Å². The van der Waals surface area contributed by atoms with Crippen LogP contribution in [0.3, 0.4) is 0 Å². The molecule has 0 aromatic heterocycles. The predicted octanol–water partition coefficient (Wildman–Crippen LogP) is 3.95. The first-order valence-corrected chi connectivity index (χ1v) is 7.18. The van der Waals surface area contributed by atoms with Crippen molar-refractivity contribution in [2.45, 2.75) is 45.8 Å². The smallest absolute Gasteiger partial charge is 0.0717 e. The van der Waals surface area contributed by atoms with Gasteiger partial charge in [-0.25, -0.2) is 0 Å². The van der Waals surface area contributed by atoms with Gasteiger partial charge in [0.15, 0.2) is 0 Å². The van der Waals surface area contributed by atoms with Crippen LogP contribution in [0.25, 0.3) is 0 Å². The van der Waals surface area contributed by atoms with Gasteiger partial charge in [-0.05, 0) is 24.3 Å². The number of aliphatic hydroxyl groups is 1. The lowest BCUT2D eigenvalue weighted by molar-refractivity contribution is 0.104. The van der Waals surface area contributed by atoms with Crippen molar-refractivity contribution in [1.82, 2.24) is 0 Å². The third-order valence-electron chi connectivity index (χ3n) is 2.99. The van der Waals surface area contributed by atoms with Crippen LogP contribution >= 0.6 is 0 Å². The fourth-order valence-corrected chi connectivity index (χ4v) is 1.91. The van der Waals surface area contributed by atoms with E-state index in [2.05, 4.69) is 38.1 Å². The van der Waals surface area contributed by atoms with Crippen LogP contribution in [0.2, 0.25) is 0 Å². The van der Waals surface area contributed by atoms with E-state index in [1.807, 2.05) is 18.2 Å². The van der Waals surface area contributed by atoms with Crippen LogP contribution in [0.5, 0.6) is 0 Å². The van der Waals surface area contributed by atoms with Crippen molar-refractivity contribution >= 4 is 0 Å². The number of rotatable bonds is 9. The third-order valence-corrected chi connectivity index (χ3v) is 2.99. The molecular formula is C17H26O2. The number of hydrogen-bond acceptors (Lipinski definition) is 2. The highest BCUT2D eigenvalue weighted by Crippen LogP contribution is 2.07. The normalized spacial score (nSPS) is 14.7. The molecule has 0 saturated carbocycles. The molecule has 2 nitrogen and oxygen atoms in total. The number of hydrogen-bond donors (Lipinski definition) is 1. The van der Waals surface area contributed by atoms with Gasteiger partial charge >= 0.3 is 0 Å². The van der Waals surface area contributed by atoms with Gasteiger partial charge < -0.3 is 9.84 Å². The van der Waals surface area contributed by atoms with Crippen LogP contribution in [0, 0.1) is 5.92 Å². The minimum absolute atomic E-state index is 0.196. The van der Waals surface area contributed by atoms with Gasteiger partial charge in [-0.1, -0.05) is 62.8 Å². The summed E-state index contributed by atoms with van der Waals surface area (Å²) in [6, 6.07) is 10.2. The van der Waals surface area contributed by atoms with E-state index in [4.69, 9.17) is 4.74 Å². The molecule has 0 bridgehead atoms. The second-order valence-corrected chi connectivity index (χ2v) is 5.08. The summed E-state index contributed by atoms with van der Waals surface area (Å²) in [6.45, 7) is 5.60. The molecule has 1 aromatic rings. The van der Waals surface area contributed by atoms with Gasteiger partial charge in [-0.15, -0.1) is 0 Å². The summed E-state index contributed by atoms with van der Waals surface area (Å²) < 4.78 is 5.67. The highest BCUT2D eigenvalue weighted by molar-refractivity contribution is 5.13. The van der Waals surface area contributed by atoms with Crippen molar-refractivity contribution in [2.24, 2.45) is 5.92 Å². The highest BCUT2D eigenvalue weighted by Gasteiger charge is 2.01. The van der Waals surface area contributed by atoms with Crippen molar-refractivity contribution in [3.63, 3.8) is 0 Å². The Bertz CT molecular complexity index is 346. The largest absolute Gasteiger partial charge is 0.393 e. The van der Waals surface area contributed by atoms with E-state index >= 15 is 0 Å². The van der Waals surface area contributed by atoms with Crippen molar-refractivity contribution in [2.75, 3.05) is 6.61 Å². The first-order valence-electron chi connectivity index (χ1n) is 7.18. The van der Waals surface area contributed by atoms with E-state index in [1.54, 1.807) is 0 Å². The second kappa shape index (κ2) is 9.76. The molecule has 1 rings (SSSR count). The Morgan fingerprint density at radius 2 is 2.00 bits per heavy atom. The molecule has 1 aromatic carbocycles. The van der Waals surface area contributed by atoms with Crippen molar-refractivity contribution in [1.29, 1.82) is 0 Å². The SMILES string of the molecule is CCC[C@H](O)C/C=C/[C@@H](C)COCc1ccccc1. The molecule has 106 valence electrons. The van der Waals surface area contributed by atoms with Gasteiger partial charge in [0, 0.05) is 0 Å². The van der Waals surface area contributed by atoms with Gasteiger partial charge in [0.2, 0.25) is 0 Å². The average Bonchev–Trinajstić information content (AvgIpc) is 2.40. The molecule has 0 amide bonds. The van der Waals surface area contributed by atoms with E-state index in [1.165, 1.54) is 5.56 Å². The van der Waals surface area contributed by atoms with Crippen LogP contribution in [0.15, 0.2) is 42.5 Å². The standard InChI is InChI=1S/C17H26O2/c1-3-8-17(18)12-7-9-15(2)13-19-14-16-10-5-4-6-11-16/h4-7,9-11,15,17-18H,3,8,12-14H2,1-2H3/b9-7+/t15-,17+/m1/s1. The Hall–Kier alpha value is -1.12. The van der Waals surface area contributed by atoms with E-state index in [0.717, 1.165) is 25.9 Å². The molecule has 19 heavy (non-hydrogen) atoms. The number of aliphatic hydroxyl groups excluding tert-OH is 1. The van der Waals surface area contributed by atoms with Gasteiger partial charge in [-0.2, -0.15) is 0 Å². The van der Waals surface area contributed by atoms with Gasteiger partial charge in [0.1, 0.15) is 0 Å². The zero-order valence-corrected chi connectivity index (χ0v) is 12.1. The fraction of sp³-hybridized carbons (Fsp3) is 0.529. The molecule has 0 radical (unpaired) electrons. The van der Waals surface area contributed by atoms with Gasteiger partial charge in [0.25, 0.3) is 0 Å². The predicted molar refractivity (Wildman–Crippen MR) is 79.9 cm³/mol. The lowest BCUT2D eigenvalue weighted by Gasteiger charge is -2.09. The van der Waals surface area contributed by atoms with Crippen LogP contribution in [-0.4, -0.2) is 17.8 Å². The average molecular weight is 262 g/mol. The quantitative estimate of drug-likeness (QED) is 0.683. The summed E-state index contributed by atoms with van der Waals surface area (Å²) in [6.07, 6.45) is 6.66. The van der Waals surface area contributed by atoms with E-state index in [0.29, 0.717) is 12.5 Å². The number of ether oxygens (including phenoxy) is 1. The molecule has 0 aliphatic rings. The molecule has 1 N–H and O–H groups in total. The molecule has 0 aliphatic carbocycles. The maximum absolute atomic E-state index is 9.60. The van der Waals surface area contributed by atoms with E-state index < -0.39 is 0 Å². The fourth-order valence-electron chi connectivity index (χ4n) is 1.91. The Labute approximate surface area is 117 Å². The highest BCUT2D eigenvalue weighted by atomic mass is 16.5. The van der Waals surface area contributed by atoms with Crippen LogP contribution in [-0.2, 0) is 11.3 Å². The van der Waals surface area contributed by atoms with Crippen LogP contribution in [0.4, 0.5) is 0 Å². The van der Waals surface area contributed by atoms with Crippen molar-refractivity contribution < 1.29 is 9.84 Å². The maximum atomic E-state index is 9.60. The van der Waals surface area contributed by atoms with Crippen LogP contribution < -0.4 is 0 Å². The summed E-state index contributed by atoms with van der Waals surface area (Å²) in [5.74, 6) is 0.387. The number of benzene rings is 1. The molecule has 0 spiro atoms. The minimum atomic E-state index is -0.196. The van der Waals surface area contributed by atoms with Crippen LogP contribution in [0.1, 0.15) is 38.7 Å². The zero-order valence-electron chi connectivity index (χ0n) is 12.1. The van der Waals surface area contributed by atoms with E-state index in [-0.39, 0.29) is 6.10 Å². The molecule has 0 aliphatic heterocycles. The minimum Gasteiger partial charge on any atom is -0.393 e. The topological polar surface area (TPSA) is 29.5 Å². The first kappa shape index (κ1) is 15.9. The molecule has 0 unspecified atom stereocenters. The summed E-state index contributed by atoms with van der Waals surface area (Å²) >= 11 is 0. The Morgan fingerprint density at radius 3 is 2.68 bits per heavy atom. The third kappa shape index (κ3) is 7.81.